The van der Waals surface area contributed by atoms with Crippen molar-refractivity contribution in [1.82, 2.24) is 4.90 Å². The van der Waals surface area contributed by atoms with Gasteiger partial charge in [0.1, 0.15) is 6.10 Å². The number of hydrogen-bond acceptors (Lipinski definition) is 4. The molecule has 2 aromatic carbocycles. The number of cyclic esters (lactones) is 1. The monoisotopic (exact) mass is 391 g/mol. The van der Waals surface area contributed by atoms with Crippen molar-refractivity contribution < 1.29 is 14.3 Å². The summed E-state index contributed by atoms with van der Waals surface area (Å²) in [7, 11) is 1.81. The molecule has 3 aromatic rings. The van der Waals surface area contributed by atoms with Crippen LogP contribution >= 0.6 is 11.3 Å². The molecule has 1 amide bonds. The molecule has 0 unspecified atom stereocenters. The van der Waals surface area contributed by atoms with Crippen LogP contribution in [0.15, 0.2) is 60.0 Å². The van der Waals surface area contributed by atoms with Crippen molar-refractivity contribution in [3.05, 3.63) is 92.7 Å². The van der Waals surface area contributed by atoms with Gasteiger partial charge in [-0.2, -0.15) is 0 Å². The van der Waals surface area contributed by atoms with E-state index in [1.54, 1.807) is 28.4 Å². The van der Waals surface area contributed by atoms with Gasteiger partial charge in [-0.25, -0.2) is 4.79 Å². The molecule has 1 aromatic heterocycles. The van der Waals surface area contributed by atoms with E-state index in [9.17, 15) is 9.59 Å². The molecule has 1 aliphatic heterocycles. The highest BCUT2D eigenvalue weighted by molar-refractivity contribution is 7.10. The highest BCUT2D eigenvalue weighted by atomic mass is 32.1. The zero-order valence-electron chi connectivity index (χ0n) is 15.8. The maximum Gasteiger partial charge on any atom is 0.339 e. The van der Waals surface area contributed by atoms with E-state index < -0.39 is 0 Å². The van der Waals surface area contributed by atoms with E-state index in [4.69, 9.17) is 4.74 Å². The molecule has 0 bridgehead atoms. The van der Waals surface area contributed by atoms with Gasteiger partial charge >= 0.3 is 5.97 Å². The SMILES string of the molecule is Cc1ccsc1CN(C)C(=O)c1ccc2c(c1)C[C@@H](c1ccccc1)OC2=O. The smallest absolute Gasteiger partial charge is 0.339 e. The first-order valence-corrected chi connectivity index (χ1v) is 10.1. The number of amides is 1. The van der Waals surface area contributed by atoms with E-state index in [1.807, 2.05) is 48.8 Å². The van der Waals surface area contributed by atoms with Crippen molar-refractivity contribution in [2.45, 2.75) is 26.0 Å². The van der Waals surface area contributed by atoms with Gasteiger partial charge in [-0.05, 0) is 53.3 Å². The number of thiophene rings is 1. The Balaban J connectivity index is 1.57. The van der Waals surface area contributed by atoms with Crippen LogP contribution in [0.2, 0.25) is 0 Å². The van der Waals surface area contributed by atoms with Gasteiger partial charge in [-0.3, -0.25) is 4.79 Å². The Morgan fingerprint density at radius 1 is 1.18 bits per heavy atom. The fourth-order valence-electron chi connectivity index (χ4n) is 3.46. The van der Waals surface area contributed by atoms with E-state index in [0.717, 1.165) is 11.1 Å². The second-order valence-corrected chi connectivity index (χ2v) is 8.07. The van der Waals surface area contributed by atoms with E-state index in [1.165, 1.54) is 10.4 Å². The Bertz CT molecular complexity index is 1030. The molecule has 4 nitrogen and oxygen atoms in total. The lowest BCUT2D eigenvalue weighted by Gasteiger charge is -2.26. The van der Waals surface area contributed by atoms with Crippen LogP contribution in [0.4, 0.5) is 0 Å². The molecule has 0 saturated heterocycles. The maximum atomic E-state index is 12.9. The van der Waals surface area contributed by atoms with Gasteiger partial charge in [-0.1, -0.05) is 30.3 Å². The number of nitrogens with zero attached hydrogens (tertiary/aromatic N) is 1. The molecular formula is C23H21NO3S. The molecule has 4 rings (SSSR count). The summed E-state index contributed by atoms with van der Waals surface area (Å²) >= 11 is 1.66. The predicted octanol–water partition coefficient (Wildman–Crippen LogP) is 4.78. The molecule has 0 fully saturated rings. The van der Waals surface area contributed by atoms with E-state index in [0.29, 0.717) is 24.1 Å². The topological polar surface area (TPSA) is 46.6 Å². The summed E-state index contributed by atoms with van der Waals surface area (Å²) in [5.41, 5.74) is 4.15. The van der Waals surface area contributed by atoms with Crippen LogP contribution in [0.1, 0.15) is 48.4 Å². The minimum atomic E-state index is -0.336. The molecule has 142 valence electrons. The predicted molar refractivity (Wildman–Crippen MR) is 110 cm³/mol. The molecule has 0 saturated carbocycles. The fraction of sp³-hybridized carbons (Fsp3) is 0.217. The van der Waals surface area contributed by atoms with Gasteiger partial charge in [-0.15, -0.1) is 11.3 Å². The molecule has 5 heteroatoms. The van der Waals surface area contributed by atoms with Crippen molar-refractivity contribution >= 4 is 23.2 Å². The molecule has 2 heterocycles. The fourth-order valence-corrected chi connectivity index (χ4v) is 4.41. The number of esters is 1. The molecule has 1 atom stereocenters. The highest BCUT2D eigenvalue weighted by Gasteiger charge is 2.28. The average Bonchev–Trinajstić information content (AvgIpc) is 3.12. The van der Waals surface area contributed by atoms with Gasteiger partial charge in [0.05, 0.1) is 12.1 Å². The van der Waals surface area contributed by atoms with Crippen molar-refractivity contribution in [1.29, 1.82) is 0 Å². The average molecular weight is 391 g/mol. The molecule has 0 aliphatic carbocycles. The Hall–Kier alpha value is -2.92. The van der Waals surface area contributed by atoms with Gasteiger partial charge in [0, 0.05) is 23.9 Å². The summed E-state index contributed by atoms with van der Waals surface area (Å²) in [4.78, 5) is 28.2. The van der Waals surface area contributed by atoms with Crippen molar-refractivity contribution in [3.8, 4) is 0 Å². The Labute approximate surface area is 168 Å². The summed E-state index contributed by atoms with van der Waals surface area (Å²) in [6.07, 6.45) is 0.248. The van der Waals surface area contributed by atoms with E-state index in [-0.39, 0.29) is 18.0 Å². The van der Waals surface area contributed by atoms with Gasteiger partial charge in [0.25, 0.3) is 5.91 Å². The van der Waals surface area contributed by atoms with Crippen LogP contribution in [0, 0.1) is 6.92 Å². The summed E-state index contributed by atoms with van der Waals surface area (Å²) in [6.45, 7) is 2.63. The summed E-state index contributed by atoms with van der Waals surface area (Å²) in [6, 6.07) is 17.0. The first-order chi connectivity index (χ1) is 13.5. The number of hydrogen-bond donors (Lipinski definition) is 0. The van der Waals surface area contributed by atoms with Crippen LogP contribution in [-0.2, 0) is 17.7 Å². The van der Waals surface area contributed by atoms with Crippen LogP contribution in [-0.4, -0.2) is 23.8 Å². The quantitative estimate of drug-likeness (QED) is 0.601. The van der Waals surface area contributed by atoms with Crippen molar-refractivity contribution in [3.63, 3.8) is 0 Å². The zero-order chi connectivity index (χ0) is 19.7. The number of ether oxygens (including phenoxy) is 1. The maximum absolute atomic E-state index is 12.9. The minimum Gasteiger partial charge on any atom is -0.454 e. The summed E-state index contributed by atoms with van der Waals surface area (Å²) < 4.78 is 5.60. The van der Waals surface area contributed by atoms with Gasteiger partial charge in [0.15, 0.2) is 0 Å². The third-order valence-electron chi connectivity index (χ3n) is 5.09. The number of fused-ring (bicyclic) bond motifs is 1. The molecule has 0 radical (unpaired) electrons. The number of aryl methyl sites for hydroxylation is 1. The Morgan fingerprint density at radius 2 is 1.96 bits per heavy atom. The Morgan fingerprint density at radius 3 is 2.68 bits per heavy atom. The lowest BCUT2D eigenvalue weighted by Crippen LogP contribution is -2.27. The van der Waals surface area contributed by atoms with E-state index in [2.05, 4.69) is 13.0 Å². The van der Waals surface area contributed by atoms with E-state index >= 15 is 0 Å². The Kier molecular flexibility index (Phi) is 5.01. The first kappa shape index (κ1) is 18.4. The number of rotatable bonds is 4. The molecule has 0 spiro atoms. The van der Waals surface area contributed by atoms with Crippen LogP contribution < -0.4 is 0 Å². The number of carbonyl (C=O) groups excluding carboxylic acids is 2. The van der Waals surface area contributed by atoms with Crippen molar-refractivity contribution in [2.75, 3.05) is 7.05 Å². The molecule has 0 N–H and O–H groups in total. The third kappa shape index (κ3) is 3.58. The minimum absolute atomic E-state index is 0.0502. The standard InChI is InChI=1S/C23H21NO3S/c1-15-10-11-28-21(15)14-24(2)22(25)17-8-9-19-18(12-17)13-20(27-23(19)26)16-6-4-3-5-7-16/h3-12,20H,13-14H2,1-2H3/t20-/m0/s1. The zero-order valence-corrected chi connectivity index (χ0v) is 16.7. The highest BCUT2D eigenvalue weighted by Crippen LogP contribution is 2.31. The van der Waals surface area contributed by atoms with Crippen molar-refractivity contribution in [2.24, 2.45) is 0 Å². The second kappa shape index (κ2) is 7.60. The lowest BCUT2D eigenvalue weighted by atomic mass is 9.93. The largest absolute Gasteiger partial charge is 0.454 e. The normalized spacial score (nSPS) is 15.6. The van der Waals surface area contributed by atoms with Gasteiger partial charge < -0.3 is 9.64 Å². The van der Waals surface area contributed by atoms with Crippen LogP contribution in [0.5, 0.6) is 0 Å². The summed E-state index contributed by atoms with van der Waals surface area (Å²) in [5, 5.41) is 2.04. The molecule has 1 aliphatic rings. The first-order valence-electron chi connectivity index (χ1n) is 9.20. The third-order valence-corrected chi connectivity index (χ3v) is 6.10. The van der Waals surface area contributed by atoms with Crippen LogP contribution in [0.3, 0.4) is 0 Å². The lowest BCUT2D eigenvalue weighted by molar-refractivity contribution is 0.0252. The summed E-state index contributed by atoms with van der Waals surface area (Å²) in [5.74, 6) is -0.387. The number of carbonyl (C=O) groups is 2. The van der Waals surface area contributed by atoms with Crippen LogP contribution in [0.25, 0.3) is 0 Å². The second-order valence-electron chi connectivity index (χ2n) is 7.07. The number of benzene rings is 2. The molecular weight excluding hydrogens is 370 g/mol. The molecule has 28 heavy (non-hydrogen) atoms. The van der Waals surface area contributed by atoms with Gasteiger partial charge in [0.2, 0.25) is 0 Å².